The van der Waals surface area contributed by atoms with Crippen molar-refractivity contribution < 1.29 is 21.2 Å². The molecule has 3 aromatic rings. The summed E-state index contributed by atoms with van der Waals surface area (Å²) in [6.07, 6.45) is 0. The van der Waals surface area contributed by atoms with Crippen LogP contribution in [-0.4, -0.2) is 23.4 Å². The Morgan fingerprint density at radius 1 is 0.929 bits per heavy atom. The third-order valence-electron chi connectivity index (χ3n) is 4.17. The molecule has 0 spiro atoms. The Hall–Kier alpha value is -2.07. The number of sulfonamides is 1. The van der Waals surface area contributed by atoms with Crippen molar-refractivity contribution in [3.63, 3.8) is 0 Å². The molecular weight excluding hydrogens is 421 g/mol. The average Bonchev–Trinajstić information content (AvgIpc) is 3.16. The van der Waals surface area contributed by atoms with E-state index in [2.05, 4.69) is 4.72 Å². The molecule has 0 aliphatic rings. The zero-order valence-electron chi connectivity index (χ0n) is 14.9. The average molecular weight is 440 g/mol. The first-order chi connectivity index (χ1) is 13.2. The second kappa shape index (κ2) is 8.12. The second-order valence-electron chi connectivity index (χ2n) is 6.17. The van der Waals surface area contributed by atoms with Crippen molar-refractivity contribution >= 4 is 31.2 Å². The summed E-state index contributed by atoms with van der Waals surface area (Å²) in [7, 11) is -7.82. The lowest BCUT2D eigenvalue weighted by atomic mass is 10.2. The van der Waals surface area contributed by atoms with Gasteiger partial charge in [-0.3, -0.25) is 0 Å². The van der Waals surface area contributed by atoms with Crippen molar-refractivity contribution in [1.29, 1.82) is 0 Å². The quantitative estimate of drug-likeness (QED) is 0.609. The normalized spacial score (nSPS) is 13.4. The van der Waals surface area contributed by atoms with Crippen LogP contribution in [-0.2, 0) is 19.9 Å². The Bertz CT molecular complexity index is 1140. The summed E-state index contributed by atoms with van der Waals surface area (Å²) < 4.78 is 66.7. The van der Waals surface area contributed by atoms with E-state index < -0.39 is 30.9 Å². The highest BCUT2D eigenvalue weighted by Crippen LogP contribution is 2.32. The Morgan fingerprint density at radius 2 is 1.54 bits per heavy atom. The van der Waals surface area contributed by atoms with Gasteiger partial charge in [0.1, 0.15) is 11.1 Å². The number of hydrogen-bond acceptors (Lipinski definition) is 5. The minimum Gasteiger partial charge on any atom is -0.223 e. The second-order valence-corrected chi connectivity index (χ2v) is 11.0. The van der Waals surface area contributed by atoms with Crippen LogP contribution in [0.3, 0.4) is 0 Å². The number of rotatable bonds is 7. The maximum Gasteiger partial charge on any atom is 0.240 e. The van der Waals surface area contributed by atoms with E-state index in [0.717, 1.165) is 29.8 Å². The van der Waals surface area contributed by atoms with Gasteiger partial charge in [-0.2, -0.15) is 0 Å². The van der Waals surface area contributed by atoms with Crippen LogP contribution in [0.4, 0.5) is 4.39 Å². The molecule has 148 valence electrons. The Morgan fingerprint density at radius 3 is 2.11 bits per heavy atom. The van der Waals surface area contributed by atoms with E-state index in [4.69, 9.17) is 0 Å². The summed E-state index contributed by atoms with van der Waals surface area (Å²) in [5, 5.41) is 0.659. The molecular formula is C19H18FNO4S3. The van der Waals surface area contributed by atoms with Gasteiger partial charge in [0.15, 0.2) is 9.84 Å². The van der Waals surface area contributed by atoms with E-state index in [1.54, 1.807) is 29.6 Å². The lowest BCUT2D eigenvalue weighted by Gasteiger charge is -2.18. The molecule has 1 heterocycles. The highest BCUT2D eigenvalue weighted by Gasteiger charge is 2.31. The van der Waals surface area contributed by atoms with Crippen molar-refractivity contribution in [2.45, 2.75) is 22.0 Å². The van der Waals surface area contributed by atoms with E-state index >= 15 is 0 Å². The third-order valence-corrected chi connectivity index (χ3v) is 8.84. The lowest BCUT2D eigenvalue weighted by Crippen LogP contribution is -2.31. The van der Waals surface area contributed by atoms with Crippen LogP contribution in [0.15, 0.2) is 75.8 Å². The van der Waals surface area contributed by atoms with Gasteiger partial charge in [0, 0.05) is 11.4 Å². The molecule has 9 heteroatoms. The van der Waals surface area contributed by atoms with Gasteiger partial charge in [-0.25, -0.2) is 25.9 Å². The van der Waals surface area contributed by atoms with E-state index in [-0.39, 0.29) is 16.3 Å². The number of benzene rings is 2. The van der Waals surface area contributed by atoms with Crippen molar-refractivity contribution in [2.24, 2.45) is 0 Å². The van der Waals surface area contributed by atoms with E-state index in [0.29, 0.717) is 4.88 Å². The monoisotopic (exact) mass is 439 g/mol. The zero-order chi connectivity index (χ0) is 20.4. The van der Waals surface area contributed by atoms with Gasteiger partial charge >= 0.3 is 0 Å². The van der Waals surface area contributed by atoms with Crippen LogP contribution in [0.1, 0.15) is 15.7 Å². The first-order valence-electron chi connectivity index (χ1n) is 8.29. The van der Waals surface area contributed by atoms with Crippen LogP contribution >= 0.6 is 11.3 Å². The summed E-state index contributed by atoms with van der Waals surface area (Å²) in [5.41, 5.74) is 0.920. The van der Waals surface area contributed by atoms with Crippen molar-refractivity contribution in [3.05, 3.63) is 82.3 Å². The first kappa shape index (κ1) is 20.7. The van der Waals surface area contributed by atoms with Gasteiger partial charge in [-0.15, -0.1) is 11.3 Å². The topological polar surface area (TPSA) is 80.3 Å². The number of nitrogens with one attached hydrogen (secondary N) is 1. The number of sulfone groups is 1. The van der Waals surface area contributed by atoms with Gasteiger partial charge in [0.05, 0.1) is 9.79 Å². The Kier molecular flexibility index (Phi) is 5.99. The molecule has 0 unspecified atom stereocenters. The summed E-state index contributed by atoms with van der Waals surface area (Å²) in [6.45, 7) is 1.51. The number of hydrogen-bond donors (Lipinski definition) is 1. The first-order valence-corrected chi connectivity index (χ1v) is 12.2. The molecule has 3 rings (SSSR count). The molecule has 5 nitrogen and oxygen atoms in total. The maximum atomic E-state index is 13.2. The van der Waals surface area contributed by atoms with Crippen LogP contribution in [0.2, 0.25) is 0 Å². The molecule has 0 aliphatic heterocycles. The molecule has 0 amide bonds. The highest BCUT2D eigenvalue weighted by molar-refractivity contribution is 7.92. The molecule has 1 aromatic heterocycles. The predicted molar refractivity (Wildman–Crippen MR) is 107 cm³/mol. The number of thiophene rings is 1. The third kappa shape index (κ3) is 4.49. The molecule has 2 aromatic carbocycles. The summed E-state index contributed by atoms with van der Waals surface area (Å²) in [4.78, 5) is 0.520. The SMILES string of the molecule is Cc1ccc(S(=O)(=O)[C@@H](CNS(=O)(=O)c2ccc(F)cc2)c2cccs2)cc1. The Balaban J connectivity index is 1.91. The fraction of sp³-hybridized carbons (Fsp3) is 0.158. The highest BCUT2D eigenvalue weighted by atomic mass is 32.2. The molecule has 1 N–H and O–H groups in total. The lowest BCUT2D eigenvalue weighted by molar-refractivity contribution is 0.569. The van der Waals surface area contributed by atoms with Crippen LogP contribution in [0.5, 0.6) is 0 Å². The van der Waals surface area contributed by atoms with Gasteiger partial charge < -0.3 is 0 Å². The van der Waals surface area contributed by atoms with E-state index in [9.17, 15) is 21.2 Å². The van der Waals surface area contributed by atoms with E-state index in [1.165, 1.54) is 23.5 Å². The molecule has 0 aliphatic carbocycles. The fourth-order valence-corrected chi connectivity index (χ4v) is 6.55. The smallest absolute Gasteiger partial charge is 0.223 e. The van der Waals surface area contributed by atoms with Crippen LogP contribution < -0.4 is 4.72 Å². The van der Waals surface area contributed by atoms with Gasteiger partial charge in [0.25, 0.3) is 0 Å². The molecule has 28 heavy (non-hydrogen) atoms. The standard InChI is InChI=1S/C19H18FNO4S3/c1-14-4-8-16(9-5-14)27(22,23)19(18-3-2-12-26-18)13-21-28(24,25)17-10-6-15(20)7-11-17/h2-12,19,21H,13H2,1H3/t19-/m0/s1. The molecule has 0 saturated heterocycles. The van der Waals surface area contributed by atoms with Crippen LogP contribution in [0.25, 0.3) is 0 Å². The Labute approximate surface area is 167 Å². The molecule has 0 fully saturated rings. The fourth-order valence-electron chi connectivity index (χ4n) is 2.61. The molecule has 0 saturated carbocycles. The number of halogens is 1. The minimum absolute atomic E-state index is 0.123. The van der Waals surface area contributed by atoms with Gasteiger partial charge in [0.2, 0.25) is 10.0 Å². The summed E-state index contributed by atoms with van der Waals surface area (Å²) in [5.74, 6) is -0.558. The zero-order valence-corrected chi connectivity index (χ0v) is 17.3. The molecule has 0 radical (unpaired) electrons. The predicted octanol–water partition coefficient (Wildman–Crippen LogP) is 3.69. The minimum atomic E-state index is -3.99. The van der Waals surface area contributed by atoms with Crippen molar-refractivity contribution in [1.82, 2.24) is 4.72 Å². The molecule has 1 atom stereocenters. The van der Waals surface area contributed by atoms with Gasteiger partial charge in [-0.05, 0) is 54.8 Å². The van der Waals surface area contributed by atoms with E-state index in [1.807, 2.05) is 6.92 Å². The van der Waals surface area contributed by atoms with Crippen molar-refractivity contribution in [2.75, 3.05) is 6.54 Å². The summed E-state index contributed by atoms with van der Waals surface area (Å²) >= 11 is 1.24. The van der Waals surface area contributed by atoms with Gasteiger partial charge in [-0.1, -0.05) is 23.8 Å². The van der Waals surface area contributed by atoms with Crippen molar-refractivity contribution in [3.8, 4) is 0 Å². The molecule has 0 bridgehead atoms. The largest absolute Gasteiger partial charge is 0.240 e. The van der Waals surface area contributed by atoms with Crippen LogP contribution in [0, 0.1) is 12.7 Å². The number of aryl methyl sites for hydroxylation is 1. The summed E-state index contributed by atoms with van der Waals surface area (Å²) in [6, 6.07) is 14.1. The maximum absolute atomic E-state index is 13.2.